The molecule has 0 saturated heterocycles. The fourth-order valence-electron chi connectivity index (χ4n) is 3.61. The van der Waals surface area contributed by atoms with E-state index in [-0.39, 0.29) is 24.0 Å². The molecular formula is C24H23ClN4O3. The molecule has 0 radical (unpaired) electrons. The van der Waals surface area contributed by atoms with E-state index in [0.29, 0.717) is 21.9 Å². The van der Waals surface area contributed by atoms with E-state index in [2.05, 4.69) is 27.7 Å². The first-order chi connectivity index (χ1) is 15.4. The van der Waals surface area contributed by atoms with Crippen LogP contribution < -0.4 is 10.9 Å². The summed E-state index contributed by atoms with van der Waals surface area (Å²) in [5, 5.41) is 12.4. The molecule has 0 spiro atoms. The minimum absolute atomic E-state index is 0.0489. The maximum absolute atomic E-state index is 12.9. The molecule has 0 bridgehead atoms. The van der Waals surface area contributed by atoms with Gasteiger partial charge in [0.25, 0.3) is 5.56 Å². The standard InChI is InChI=1S/C24H23ClN4O3/c1-15(8-9-17-6-4-3-5-7-17)26-20(30)14-29-24(31)23-21(16(2)32-28-23)22(27-29)18-10-12-19(25)13-11-18/h3-7,10-13,15H,8-9,14H2,1-2H3,(H,26,30)/t15-/m1/s1. The zero-order chi connectivity index (χ0) is 22.7. The summed E-state index contributed by atoms with van der Waals surface area (Å²) in [5.41, 5.74) is 2.15. The second-order valence-corrected chi connectivity index (χ2v) is 8.21. The van der Waals surface area contributed by atoms with Gasteiger partial charge in [-0.3, -0.25) is 9.59 Å². The van der Waals surface area contributed by atoms with Crippen LogP contribution in [0, 0.1) is 6.92 Å². The number of hydrogen-bond donors (Lipinski definition) is 1. The van der Waals surface area contributed by atoms with E-state index in [1.54, 1.807) is 31.2 Å². The summed E-state index contributed by atoms with van der Waals surface area (Å²) >= 11 is 6.01. The van der Waals surface area contributed by atoms with E-state index < -0.39 is 5.56 Å². The van der Waals surface area contributed by atoms with Gasteiger partial charge in [0.2, 0.25) is 5.91 Å². The van der Waals surface area contributed by atoms with Crippen LogP contribution in [-0.4, -0.2) is 26.9 Å². The highest BCUT2D eigenvalue weighted by Crippen LogP contribution is 2.28. The van der Waals surface area contributed by atoms with Crippen LogP contribution in [-0.2, 0) is 17.8 Å². The van der Waals surface area contributed by atoms with Gasteiger partial charge in [0.05, 0.1) is 5.39 Å². The number of nitrogens with one attached hydrogen (secondary N) is 1. The van der Waals surface area contributed by atoms with Gasteiger partial charge in [-0.1, -0.05) is 59.2 Å². The van der Waals surface area contributed by atoms with E-state index in [4.69, 9.17) is 16.1 Å². The summed E-state index contributed by atoms with van der Waals surface area (Å²) in [7, 11) is 0. The summed E-state index contributed by atoms with van der Waals surface area (Å²) in [5.74, 6) is 0.197. The average molecular weight is 451 g/mol. The normalized spacial score (nSPS) is 12.1. The lowest BCUT2D eigenvalue weighted by atomic mass is 10.1. The van der Waals surface area contributed by atoms with Gasteiger partial charge in [-0.15, -0.1) is 0 Å². The smallest absolute Gasteiger partial charge is 0.297 e. The predicted octanol–water partition coefficient (Wildman–Crippen LogP) is 4.15. The first-order valence-electron chi connectivity index (χ1n) is 10.4. The Morgan fingerprint density at radius 2 is 1.88 bits per heavy atom. The number of carbonyl (C=O) groups excluding carboxylic acids is 1. The van der Waals surface area contributed by atoms with E-state index in [1.165, 1.54) is 5.56 Å². The van der Waals surface area contributed by atoms with Crippen LogP contribution in [0.25, 0.3) is 22.2 Å². The number of rotatable bonds is 7. The Morgan fingerprint density at radius 1 is 1.16 bits per heavy atom. The zero-order valence-corrected chi connectivity index (χ0v) is 18.6. The lowest BCUT2D eigenvalue weighted by molar-refractivity contribution is -0.122. The second-order valence-electron chi connectivity index (χ2n) is 7.77. The van der Waals surface area contributed by atoms with Crippen LogP contribution >= 0.6 is 11.6 Å². The molecule has 32 heavy (non-hydrogen) atoms. The number of amides is 1. The van der Waals surface area contributed by atoms with Gasteiger partial charge in [-0.05, 0) is 44.4 Å². The van der Waals surface area contributed by atoms with Crippen molar-refractivity contribution in [2.75, 3.05) is 0 Å². The number of hydrogen-bond acceptors (Lipinski definition) is 5. The molecule has 164 valence electrons. The van der Waals surface area contributed by atoms with E-state index in [1.807, 2.05) is 25.1 Å². The van der Waals surface area contributed by atoms with Crippen LogP contribution in [0.5, 0.6) is 0 Å². The molecule has 2 aromatic carbocycles. The molecule has 8 heteroatoms. The van der Waals surface area contributed by atoms with Gasteiger partial charge < -0.3 is 9.84 Å². The SMILES string of the molecule is Cc1onc2c(=O)n(CC(=O)N[C@H](C)CCc3ccccc3)nc(-c3ccc(Cl)cc3)c12. The molecule has 2 heterocycles. The topological polar surface area (TPSA) is 90.0 Å². The highest BCUT2D eigenvalue weighted by molar-refractivity contribution is 6.30. The van der Waals surface area contributed by atoms with Crippen molar-refractivity contribution < 1.29 is 9.32 Å². The van der Waals surface area contributed by atoms with Gasteiger partial charge in [-0.25, -0.2) is 4.68 Å². The van der Waals surface area contributed by atoms with Crippen molar-refractivity contribution in [3.05, 3.63) is 81.3 Å². The van der Waals surface area contributed by atoms with E-state index in [9.17, 15) is 9.59 Å². The third kappa shape index (κ3) is 4.73. The molecule has 0 aliphatic carbocycles. The van der Waals surface area contributed by atoms with Crippen molar-refractivity contribution in [2.45, 2.75) is 39.3 Å². The van der Waals surface area contributed by atoms with Crippen molar-refractivity contribution in [2.24, 2.45) is 0 Å². The number of benzene rings is 2. The molecule has 1 amide bonds. The van der Waals surface area contributed by atoms with E-state index in [0.717, 1.165) is 23.1 Å². The zero-order valence-electron chi connectivity index (χ0n) is 17.8. The lowest BCUT2D eigenvalue weighted by Crippen LogP contribution is -2.38. The van der Waals surface area contributed by atoms with Crippen LogP contribution in [0.15, 0.2) is 63.9 Å². The largest absolute Gasteiger partial charge is 0.360 e. The number of fused-ring (bicyclic) bond motifs is 1. The Hall–Kier alpha value is -3.45. The van der Waals surface area contributed by atoms with E-state index >= 15 is 0 Å². The van der Waals surface area contributed by atoms with Crippen LogP contribution in [0.4, 0.5) is 0 Å². The van der Waals surface area contributed by atoms with Crippen LogP contribution in [0.3, 0.4) is 0 Å². The molecule has 1 N–H and O–H groups in total. The quantitative estimate of drug-likeness (QED) is 0.456. The Balaban J connectivity index is 1.55. The molecule has 2 aromatic heterocycles. The van der Waals surface area contributed by atoms with Crippen molar-refractivity contribution in [1.29, 1.82) is 0 Å². The number of carbonyl (C=O) groups is 1. The molecule has 0 unspecified atom stereocenters. The fraction of sp³-hybridized carbons (Fsp3) is 0.250. The molecule has 1 atom stereocenters. The van der Waals surface area contributed by atoms with Crippen LogP contribution in [0.1, 0.15) is 24.7 Å². The molecule has 7 nitrogen and oxygen atoms in total. The van der Waals surface area contributed by atoms with Crippen molar-refractivity contribution in [3.63, 3.8) is 0 Å². The molecule has 0 saturated carbocycles. The minimum Gasteiger partial charge on any atom is -0.360 e. The molecular weight excluding hydrogens is 428 g/mol. The lowest BCUT2D eigenvalue weighted by Gasteiger charge is -2.15. The first-order valence-corrected chi connectivity index (χ1v) is 10.8. The van der Waals surface area contributed by atoms with Crippen molar-refractivity contribution in [3.8, 4) is 11.3 Å². The molecule has 0 fully saturated rings. The number of halogens is 1. The molecule has 4 rings (SSSR count). The van der Waals surface area contributed by atoms with Crippen molar-refractivity contribution >= 4 is 28.4 Å². The maximum atomic E-state index is 12.9. The summed E-state index contributed by atoms with van der Waals surface area (Å²) < 4.78 is 6.38. The predicted molar refractivity (Wildman–Crippen MR) is 124 cm³/mol. The third-order valence-corrected chi connectivity index (χ3v) is 5.54. The Morgan fingerprint density at radius 3 is 2.59 bits per heavy atom. The molecule has 4 aromatic rings. The summed E-state index contributed by atoms with van der Waals surface area (Å²) in [6.45, 7) is 3.46. The van der Waals surface area contributed by atoms with Crippen molar-refractivity contribution in [1.82, 2.24) is 20.3 Å². The summed E-state index contributed by atoms with van der Waals surface area (Å²) in [6, 6.07) is 17.1. The van der Waals surface area contributed by atoms with Gasteiger partial charge in [0, 0.05) is 16.6 Å². The van der Waals surface area contributed by atoms with Gasteiger partial charge in [0.15, 0.2) is 5.52 Å². The number of aryl methyl sites for hydroxylation is 2. The van der Waals surface area contributed by atoms with Gasteiger partial charge in [-0.2, -0.15) is 5.10 Å². The second kappa shape index (κ2) is 9.36. The number of nitrogens with zero attached hydrogens (tertiary/aromatic N) is 3. The molecule has 0 aliphatic rings. The molecule has 0 aliphatic heterocycles. The monoisotopic (exact) mass is 450 g/mol. The Kier molecular flexibility index (Phi) is 6.37. The highest BCUT2D eigenvalue weighted by atomic mass is 35.5. The Bertz CT molecular complexity index is 1300. The average Bonchev–Trinajstić information content (AvgIpc) is 3.17. The first kappa shape index (κ1) is 21.8. The summed E-state index contributed by atoms with van der Waals surface area (Å²) in [6.07, 6.45) is 1.64. The third-order valence-electron chi connectivity index (χ3n) is 5.28. The summed E-state index contributed by atoms with van der Waals surface area (Å²) in [4.78, 5) is 25.5. The van der Waals surface area contributed by atoms with Gasteiger partial charge >= 0.3 is 0 Å². The Labute approximate surface area is 190 Å². The minimum atomic E-state index is -0.471. The fourth-order valence-corrected chi connectivity index (χ4v) is 3.73. The van der Waals surface area contributed by atoms with Gasteiger partial charge in [0.1, 0.15) is 18.0 Å². The van der Waals surface area contributed by atoms with Crippen LogP contribution in [0.2, 0.25) is 5.02 Å². The highest BCUT2D eigenvalue weighted by Gasteiger charge is 2.20. The number of aromatic nitrogens is 3. The maximum Gasteiger partial charge on any atom is 0.297 e.